The summed E-state index contributed by atoms with van der Waals surface area (Å²) < 4.78 is 4.54. The summed E-state index contributed by atoms with van der Waals surface area (Å²) in [4.78, 5) is 15.2. The Morgan fingerprint density at radius 2 is 2.38 bits per heavy atom. The monoisotopic (exact) mass is 238 g/mol. The van der Waals surface area contributed by atoms with E-state index in [9.17, 15) is 4.79 Å². The van der Waals surface area contributed by atoms with Crippen LogP contribution in [0, 0.1) is 11.3 Å². The molecule has 16 heavy (non-hydrogen) atoms. The lowest BCUT2D eigenvalue weighted by Gasteiger charge is -2.17. The van der Waals surface area contributed by atoms with Crippen molar-refractivity contribution >= 4 is 17.6 Å². The van der Waals surface area contributed by atoms with Crippen molar-refractivity contribution in [2.24, 2.45) is 0 Å². The van der Waals surface area contributed by atoms with Gasteiger partial charge in [-0.3, -0.25) is 4.98 Å². The minimum absolute atomic E-state index is 0.147. The molecule has 1 unspecified atom stereocenters. The number of hydrogen-bond donors (Lipinski definition) is 0. The van der Waals surface area contributed by atoms with Crippen molar-refractivity contribution in [3.8, 4) is 6.07 Å². The van der Waals surface area contributed by atoms with Crippen LogP contribution in [0.25, 0.3) is 0 Å². The number of nitrogens with zero attached hydrogens (tertiary/aromatic N) is 2. The zero-order valence-electron chi connectivity index (χ0n) is 9.03. The summed E-state index contributed by atoms with van der Waals surface area (Å²) in [5.74, 6) is -0.308. The minimum atomic E-state index is -0.837. The Morgan fingerprint density at radius 3 is 2.75 bits per heavy atom. The number of nitriles is 1. The van der Waals surface area contributed by atoms with Crippen LogP contribution in [-0.2, 0) is 10.2 Å². The van der Waals surface area contributed by atoms with Gasteiger partial charge in [-0.25, -0.2) is 4.79 Å². The van der Waals surface area contributed by atoms with Gasteiger partial charge in [0.2, 0.25) is 0 Å². The topological polar surface area (TPSA) is 63.0 Å². The Morgan fingerprint density at radius 1 is 1.69 bits per heavy atom. The molecule has 0 saturated carbocycles. The lowest BCUT2D eigenvalue weighted by atomic mass is 9.90. The third kappa shape index (κ3) is 2.31. The molecule has 1 atom stereocenters. The van der Waals surface area contributed by atoms with Crippen LogP contribution in [0.3, 0.4) is 0 Å². The van der Waals surface area contributed by atoms with Gasteiger partial charge < -0.3 is 4.74 Å². The molecule has 0 amide bonds. The molecule has 1 heterocycles. The molecule has 0 bridgehead atoms. The van der Waals surface area contributed by atoms with Crippen molar-refractivity contribution in [3.63, 3.8) is 0 Å². The number of halogens is 1. The summed E-state index contributed by atoms with van der Waals surface area (Å²) in [6, 6.07) is 5.27. The molecule has 84 valence electrons. The number of esters is 1. The van der Waals surface area contributed by atoms with Gasteiger partial charge in [-0.05, 0) is 19.1 Å². The maximum atomic E-state index is 11.2. The van der Waals surface area contributed by atoms with Crippen molar-refractivity contribution in [1.29, 1.82) is 5.26 Å². The van der Waals surface area contributed by atoms with E-state index >= 15 is 0 Å². The van der Waals surface area contributed by atoms with Gasteiger partial charge in [0.1, 0.15) is 5.41 Å². The fraction of sp³-hybridized carbons (Fsp3) is 0.364. The summed E-state index contributed by atoms with van der Waals surface area (Å²) in [7, 11) is 1.30. The molecule has 4 nitrogen and oxygen atoms in total. The van der Waals surface area contributed by atoms with Gasteiger partial charge in [0.25, 0.3) is 0 Å². The van der Waals surface area contributed by atoms with Crippen LogP contribution >= 0.6 is 11.6 Å². The number of ether oxygens (including phenoxy) is 1. The number of alkyl halides is 1. The van der Waals surface area contributed by atoms with E-state index in [0.29, 0.717) is 11.3 Å². The first-order valence-electron chi connectivity index (χ1n) is 4.59. The molecule has 1 rings (SSSR count). The lowest BCUT2D eigenvalue weighted by molar-refractivity contribution is 0.0600. The second-order valence-electron chi connectivity index (χ2n) is 3.50. The molecular formula is C11H11ClN2O2. The third-order valence-corrected chi connectivity index (χ3v) is 2.80. The van der Waals surface area contributed by atoms with Crippen molar-refractivity contribution in [1.82, 2.24) is 4.98 Å². The van der Waals surface area contributed by atoms with E-state index in [1.165, 1.54) is 13.3 Å². The Kier molecular flexibility index (Phi) is 3.86. The molecule has 0 aromatic carbocycles. The molecule has 5 heteroatoms. The van der Waals surface area contributed by atoms with Crippen LogP contribution in [-0.4, -0.2) is 23.9 Å². The second-order valence-corrected chi connectivity index (χ2v) is 3.77. The molecule has 0 aliphatic rings. The van der Waals surface area contributed by atoms with E-state index in [4.69, 9.17) is 16.9 Å². The number of pyridine rings is 1. The first-order chi connectivity index (χ1) is 7.57. The normalized spacial score (nSPS) is 13.6. The summed E-state index contributed by atoms with van der Waals surface area (Å²) in [5.41, 5.74) is 0.0506. The molecule has 0 saturated heterocycles. The van der Waals surface area contributed by atoms with E-state index in [0.717, 1.165) is 0 Å². The first kappa shape index (κ1) is 12.5. The van der Waals surface area contributed by atoms with Gasteiger partial charge >= 0.3 is 5.97 Å². The standard InChI is InChI=1S/C11H11ClN2O2/c1-11(6-12,7-13)9-4-3-8(5-14-9)10(15)16-2/h3-5H,6H2,1-2H3. The molecule has 0 aliphatic carbocycles. The molecular weight excluding hydrogens is 228 g/mol. The zero-order chi connectivity index (χ0) is 12.2. The van der Waals surface area contributed by atoms with Crippen LogP contribution in [0.4, 0.5) is 0 Å². The van der Waals surface area contributed by atoms with E-state index in [1.54, 1.807) is 19.1 Å². The highest BCUT2D eigenvalue weighted by Gasteiger charge is 2.27. The van der Waals surface area contributed by atoms with E-state index in [2.05, 4.69) is 15.8 Å². The summed E-state index contributed by atoms with van der Waals surface area (Å²) >= 11 is 5.72. The zero-order valence-corrected chi connectivity index (χ0v) is 9.78. The van der Waals surface area contributed by atoms with Crippen LogP contribution < -0.4 is 0 Å². The average molecular weight is 239 g/mol. The molecule has 0 radical (unpaired) electrons. The predicted octanol–water partition coefficient (Wildman–Crippen LogP) is 1.89. The Bertz CT molecular complexity index is 425. The number of rotatable bonds is 3. The van der Waals surface area contributed by atoms with Crippen molar-refractivity contribution in [2.45, 2.75) is 12.3 Å². The number of methoxy groups -OCH3 is 1. The molecule has 0 N–H and O–H groups in total. The van der Waals surface area contributed by atoms with Crippen molar-refractivity contribution in [2.75, 3.05) is 13.0 Å². The van der Waals surface area contributed by atoms with E-state index in [1.807, 2.05) is 0 Å². The van der Waals surface area contributed by atoms with Gasteiger partial charge in [-0.15, -0.1) is 11.6 Å². The van der Waals surface area contributed by atoms with E-state index in [-0.39, 0.29) is 5.88 Å². The maximum absolute atomic E-state index is 11.2. The second kappa shape index (κ2) is 4.95. The van der Waals surface area contributed by atoms with Gasteiger partial charge in [0.15, 0.2) is 0 Å². The average Bonchev–Trinajstić information content (AvgIpc) is 2.37. The number of carbonyl (C=O) groups is 1. The molecule has 1 aromatic rings. The fourth-order valence-electron chi connectivity index (χ4n) is 1.11. The van der Waals surface area contributed by atoms with Crippen molar-refractivity contribution in [3.05, 3.63) is 29.6 Å². The molecule has 0 fully saturated rings. The highest BCUT2D eigenvalue weighted by molar-refractivity contribution is 6.18. The van der Waals surface area contributed by atoms with Crippen LogP contribution in [0.2, 0.25) is 0 Å². The highest BCUT2D eigenvalue weighted by Crippen LogP contribution is 2.22. The SMILES string of the molecule is COC(=O)c1ccc(C(C)(C#N)CCl)nc1. The summed E-state index contributed by atoms with van der Waals surface area (Å²) in [6.07, 6.45) is 1.38. The molecule has 1 aromatic heterocycles. The number of aromatic nitrogens is 1. The van der Waals surface area contributed by atoms with Gasteiger partial charge in [-0.2, -0.15) is 5.26 Å². The Labute approximate surface area is 98.8 Å². The molecule has 0 aliphatic heterocycles. The van der Waals surface area contributed by atoms with Crippen LogP contribution in [0.15, 0.2) is 18.3 Å². The Balaban J connectivity index is 3.04. The van der Waals surface area contributed by atoms with E-state index < -0.39 is 11.4 Å². The van der Waals surface area contributed by atoms with Gasteiger partial charge in [0, 0.05) is 12.1 Å². The minimum Gasteiger partial charge on any atom is -0.465 e. The Hall–Kier alpha value is -1.60. The lowest BCUT2D eigenvalue weighted by Crippen LogP contribution is -2.23. The van der Waals surface area contributed by atoms with Crippen LogP contribution in [0.1, 0.15) is 23.0 Å². The fourth-order valence-corrected chi connectivity index (χ4v) is 1.31. The first-order valence-corrected chi connectivity index (χ1v) is 5.13. The van der Waals surface area contributed by atoms with Crippen LogP contribution in [0.5, 0.6) is 0 Å². The van der Waals surface area contributed by atoms with Gasteiger partial charge in [0.05, 0.1) is 24.4 Å². The number of carbonyl (C=O) groups excluding carboxylic acids is 1. The summed E-state index contributed by atoms with van der Waals surface area (Å²) in [6.45, 7) is 1.69. The smallest absolute Gasteiger partial charge is 0.339 e. The third-order valence-electron chi connectivity index (χ3n) is 2.26. The summed E-state index contributed by atoms with van der Waals surface area (Å²) in [5, 5.41) is 9.00. The largest absolute Gasteiger partial charge is 0.465 e. The van der Waals surface area contributed by atoms with Gasteiger partial charge in [-0.1, -0.05) is 0 Å². The predicted molar refractivity (Wildman–Crippen MR) is 59.3 cm³/mol. The maximum Gasteiger partial charge on any atom is 0.339 e. The quantitative estimate of drug-likeness (QED) is 0.596. The number of hydrogen-bond acceptors (Lipinski definition) is 4. The molecule has 0 spiro atoms. The van der Waals surface area contributed by atoms with Crippen molar-refractivity contribution < 1.29 is 9.53 Å². The highest BCUT2D eigenvalue weighted by atomic mass is 35.5.